The van der Waals surface area contributed by atoms with E-state index in [0.29, 0.717) is 27.9 Å². The smallest absolute Gasteiger partial charge is 0.336 e. The highest BCUT2D eigenvalue weighted by Gasteiger charge is 2.42. The average molecular weight is 499 g/mol. The summed E-state index contributed by atoms with van der Waals surface area (Å²) in [6.07, 6.45) is 1.72. The monoisotopic (exact) mass is 498 g/mol. The molecule has 1 aliphatic rings. The molecule has 1 fully saturated rings. The molecule has 1 aliphatic heterocycles. The van der Waals surface area contributed by atoms with Crippen molar-refractivity contribution in [3.63, 3.8) is 0 Å². The van der Waals surface area contributed by atoms with Gasteiger partial charge in [-0.3, -0.25) is 9.78 Å². The zero-order valence-electron chi connectivity index (χ0n) is 19.2. The zero-order valence-corrected chi connectivity index (χ0v) is 20.0. The highest BCUT2D eigenvalue weighted by atomic mass is 32.1. The molecule has 2 aromatic carbocycles. The van der Waals surface area contributed by atoms with Gasteiger partial charge in [0.1, 0.15) is 17.6 Å². The number of thiocarbonyl (C=S) groups is 1. The normalized spacial score (nSPS) is 17.0. The molecule has 8 nitrogen and oxygen atoms in total. The molecule has 9 heteroatoms. The first-order chi connectivity index (χ1) is 17.4. The number of carbonyl (C=O) groups excluding carboxylic acids is 1. The molecule has 2 atom stereocenters. The lowest BCUT2D eigenvalue weighted by atomic mass is 10.0. The zero-order chi connectivity index (χ0) is 25.2. The van der Waals surface area contributed by atoms with Crippen molar-refractivity contribution >= 4 is 40.6 Å². The maximum Gasteiger partial charge on any atom is 0.336 e. The van der Waals surface area contributed by atoms with Gasteiger partial charge >= 0.3 is 5.97 Å². The molecule has 1 saturated heterocycles. The highest BCUT2D eigenvalue weighted by Crippen LogP contribution is 2.43. The number of aromatic carboxylic acids is 1. The first-order valence-electron chi connectivity index (χ1n) is 11.2. The lowest BCUT2D eigenvalue weighted by molar-refractivity contribution is -0.114. The number of amides is 1. The van der Waals surface area contributed by atoms with Crippen LogP contribution in [0, 0.1) is 0 Å². The number of hydrogen-bond donors (Lipinski definition) is 3. The van der Waals surface area contributed by atoms with Crippen LogP contribution in [0.4, 0.5) is 11.4 Å². The van der Waals surface area contributed by atoms with Crippen LogP contribution < -0.4 is 15.5 Å². The largest absolute Gasteiger partial charge is 0.478 e. The molecule has 1 amide bonds. The second-order valence-corrected chi connectivity index (χ2v) is 8.66. The van der Waals surface area contributed by atoms with Gasteiger partial charge in [0, 0.05) is 30.1 Å². The van der Waals surface area contributed by atoms with E-state index < -0.39 is 12.0 Å². The van der Waals surface area contributed by atoms with E-state index in [2.05, 4.69) is 15.6 Å². The topological polar surface area (TPSA) is 108 Å². The van der Waals surface area contributed by atoms with Crippen molar-refractivity contribution < 1.29 is 19.1 Å². The number of aromatic nitrogens is 1. The van der Waals surface area contributed by atoms with Crippen molar-refractivity contribution in [2.24, 2.45) is 0 Å². The van der Waals surface area contributed by atoms with E-state index in [1.807, 2.05) is 41.3 Å². The van der Waals surface area contributed by atoms with Crippen LogP contribution in [-0.4, -0.2) is 27.1 Å². The van der Waals surface area contributed by atoms with Gasteiger partial charge in [0.05, 0.1) is 17.3 Å². The van der Waals surface area contributed by atoms with Gasteiger partial charge in [-0.15, -0.1) is 0 Å². The summed E-state index contributed by atoms with van der Waals surface area (Å²) in [6.45, 7) is 1.46. The Hall–Kier alpha value is -4.50. The first-order valence-corrected chi connectivity index (χ1v) is 11.6. The van der Waals surface area contributed by atoms with E-state index >= 15 is 0 Å². The summed E-state index contributed by atoms with van der Waals surface area (Å²) in [5.41, 5.74) is 2.91. The van der Waals surface area contributed by atoms with Crippen molar-refractivity contribution in [1.29, 1.82) is 0 Å². The van der Waals surface area contributed by atoms with Gasteiger partial charge in [-0.2, -0.15) is 0 Å². The highest BCUT2D eigenvalue weighted by molar-refractivity contribution is 7.80. The van der Waals surface area contributed by atoms with Gasteiger partial charge in [-0.25, -0.2) is 4.79 Å². The standard InChI is InChI=1S/C27H22N4O4S/c1-16(32)29-17-9-11-18(12-10-17)31-25(24(30-27(31)36)21-8-4-5-15-28-21)23-14-13-22(35-23)19-6-2-3-7-20(19)26(33)34/h2-15,24-25H,1H3,(H,29,32)(H,30,36)(H,33,34)/t24-,25+/m0/s1. The Labute approximate surface area is 212 Å². The second kappa shape index (κ2) is 9.63. The summed E-state index contributed by atoms with van der Waals surface area (Å²) in [6, 6.07) is 22.6. The van der Waals surface area contributed by atoms with Crippen LogP contribution in [0.5, 0.6) is 0 Å². The third kappa shape index (κ3) is 4.44. The predicted molar refractivity (Wildman–Crippen MR) is 140 cm³/mol. The van der Waals surface area contributed by atoms with Crippen molar-refractivity contribution in [1.82, 2.24) is 10.3 Å². The molecule has 4 aromatic rings. The molecule has 3 N–H and O–H groups in total. The summed E-state index contributed by atoms with van der Waals surface area (Å²) < 4.78 is 6.28. The van der Waals surface area contributed by atoms with E-state index in [4.69, 9.17) is 16.6 Å². The Morgan fingerprint density at radius 1 is 1.03 bits per heavy atom. The Kier molecular flexibility index (Phi) is 6.22. The van der Waals surface area contributed by atoms with Crippen LogP contribution in [0.25, 0.3) is 11.3 Å². The third-order valence-electron chi connectivity index (χ3n) is 5.91. The minimum absolute atomic E-state index is 0.154. The Morgan fingerprint density at radius 3 is 2.47 bits per heavy atom. The Bertz CT molecular complexity index is 1440. The number of nitrogens with one attached hydrogen (secondary N) is 2. The first kappa shape index (κ1) is 23.3. The minimum Gasteiger partial charge on any atom is -0.478 e. The van der Waals surface area contributed by atoms with Crippen LogP contribution in [0.1, 0.15) is 40.8 Å². The summed E-state index contributed by atoms with van der Waals surface area (Å²) in [5, 5.41) is 16.2. The number of benzene rings is 2. The van der Waals surface area contributed by atoms with Crippen molar-refractivity contribution in [2.75, 3.05) is 10.2 Å². The van der Waals surface area contributed by atoms with Crippen LogP contribution in [0.3, 0.4) is 0 Å². The molecule has 0 radical (unpaired) electrons. The van der Waals surface area contributed by atoms with E-state index in [1.165, 1.54) is 6.92 Å². The third-order valence-corrected chi connectivity index (χ3v) is 6.22. The number of carboxylic acids is 1. The molecule has 180 valence electrons. The Balaban J connectivity index is 1.58. The number of furan rings is 1. The van der Waals surface area contributed by atoms with Crippen molar-refractivity contribution in [2.45, 2.75) is 19.0 Å². The molecule has 3 heterocycles. The van der Waals surface area contributed by atoms with Gasteiger partial charge in [-0.05, 0) is 66.8 Å². The molecule has 5 rings (SSSR count). The summed E-state index contributed by atoms with van der Waals surface area (Å²) in [7, 11) is 0. The van der Waals surface area contributed by atoms with Gasteiger partial charge < -0.3 is 25.1 Å². The Morgan fingerprint density at radius 2 is 1.78 bits per heavy atom. The van der Waals surface area contributed by atoms with Gasteiger partial charge in [0.2, 0.25) is 5.91 Å². The van der Waals surface area contributed by atoms with Gasteiger partial charge in [-0.1, -0.05) is 24.3 Å². The molecule has 2 aromatic heterocycles. The number of carbonyl (C=O) groups is 2. The molecular weight excluding hydrogens is 476 g/mol. The van der Waals surface area contributed by atoms with Crippen LogP contribution in [0.2, 0.25) is 0 Å². The predicted octanol–water partition coefficient (Wildman–Crippen LogP) is 5.18. The summed E-state index contributed by atoms with van der Waals surface area (Å²) >= 11 is 5.73. The molecule has 0 spiro atoms. The van der Waals surface area contributed by atoms with Crippen LogP contribution in [-0.2, 0) is 4.79 Å². The molecule has 0 bridgehead atoms. The lowest BCUT2D eigenvalue weighted by Crippen LogP contribution is -2.29. The average Bonchev–Trinajstić information content (AvgIpc) is 3.49. The van der Waals surface area contributed by atoms with E-state index in [-0.39, 0.29) is 17.5 Å². The molecule has 0 unspecified atom stereocenters. The SMILES string of the molecule is CC(=O)Nc1ccc(N2C(=S)N[C@@H](c3ccccn3)[C@H]2c2ccc(-c3ccccc3C(=O)O)o2)cc1. The number of rotatable bonds is 6. The fraction of sp³-hybridized carbons (Fsp3) is 0.111. The van der Waals surface area contributed by atoms with E-state index in [9.17, 15) is 14.7 Å². The molecule has 0 saturated carbocycles. The fourth-order valence-corrected chi connectivity index (χ4v) is 4.72. The molecule has 0 aliphatic carbocycles. The van der Waals surface area contributed by atoms with Crippen molar-refractivity contribution in [3.8, 4) is 11.3 Å². The van der Waals surface area contributed by atoms with Crippen LogP contribution in [0.15, 0.2) is 89.5 Å². The van der Waals surface area contributed by atoms with E-state index in [0.717, 1.165) is 11.4 Å². The number of hydrogen-bond acceptors (Lipinski definition) is 5. The second-order valence-electron chi connectivity index (χ2n) is 8.28. The van der Waals surface area contributed by atoms with Gasteiger partial charge in [0.15, 0.2) is 5.11 Å². The molecular formula is C27H22N4O4S. The summed E-state index contributed by atoms with van der Waals surface area (Å²) in [5.74, 6) is -0.140. The van der Waals surface area contributed by atoms with Gasteiger partial charge in [0.25, 0.3) is 0 Å². The minimum atomic E-state index is -1.03. The quantitative estimate of drug-likeness (QED) is 0.312. The van der Waals surface area contributed by atoms with E-state index in [1.54, 1.807) is 48.7 Å². The summed E-state index contributed by atoms with van der Waals surface area (Å²) in [4.78, 5) is 29.7. The lowest BCUT2D eigenvalue weighted by Gasteiger charge is -2.26. The number of carboxylic acid groups (broad SMARTS) is 1. The number of anilines is 2. The maximum atomic E-state index is 11.8. The number of pyridine rings is 1. The molecule has 36 heavy (non-hydrogen) atoms. The fourth-order valence-electron chi connectivity index (χ4n) is 4.37. The maximum absolute atomic E-state index is 11.8. The number of nitrogens with zero attached hydrogens (tertiary/aromatic N) is 2. The van der Waals surface area contributed by atoms with Crippen molar-refractivity contribution in [3.05, 3.63) is 102 Å². The van der Waals surface area contributed by atoms with Crippen LogP contribution >= 0.6 is 12.2 Å².